The van der Waals surface area contributed by atoms with Crippen LogP contribution in [0, 0.1) is 5.41 Å². The summed E-state index contributed by atoms with van der Waals surface area (Å²) >= 11 is 3.44. The SMILES string of the molecule is Cn1nc(Br)c2c(NCC3(C)COC3)ncnc21. The molecule has 96 valence electrons. The van der Waals surface area contributed by atoms with Crippen LogP contribution in [0.2, 0.25) is 0 Å². The predicted molar refractivity (Wildman–Crippen MR) is 71.4 cm³/mol. The lowest BCUT2D eigenvalue weighted by Gasteiger charge is -2.38. The molecule has 18 heavy (non-hydrogen) atoms. The van der Waals surface area contributed by atoms with Gasteiger partial charge in [-0.25, -0.2) is 14.6 Å². The molecular formula is C11H14BrN5O. The minimum atomic E-state index is 0.200. The van der Waals surface area contributed by atoms with E-state index in [4.69, 9.17) is 4.74 Å². The summed E-state index contributed by atoms with van der Waals surface area (Å²) in [5, 5.41) is 8.59. The molecule has 3 heterocycles. The van der Waals surface area contributed by atoms with Gasteiger partial charge in [0.05, 0.1) is 18.6 Å². The van der Waals surface area contributed by atoms with Crippen molar-refractivity contribution in [1.82, 2.24) is 19.7 Å². The van der Waals surface area contributed by atoms with Gasteiger partial charge >= 0.3 is 0 Å². The zero-order valence-electron chi connectivity index (χ0n) is 10.3. The van der Waals surface area contributed by atoms with E-state index in [2.05, 4.69) is 43.2 Å². The summed E-state index contributed by atoms with van der Waals surface area (Å²) in [6, 6.07) is 0. The highest BCUT2D eigenvalue weighted by atomic mass is 79.9. The number of anilines is 1. The minimum absolute atomic E-state index is 0.200. The fraction of sp³-hybridized carbons (Fsp3) is 0.545. The lowest BCUT2D eigenvalue weighted by atomic mass is 9.89. The normalized spacial score (nSPS) is 17.7. The Morgan fingerprint density at radius 2 is 2.28 bits per heavy atom. The van der Waals surface area contributed by atoms with Gasteiger partial charge in [0.2, 0.25) is 0 Å². The van der Waals surface area contributed by atoms with Crippen LogP contribution in [-0.2, 0) is 11.8 Å². The molecule has 0 bridgehead atoms. The third-order valence-electron chi connectivity index (χ3n) is 3.16. The van der Waals surface area contributed by atoms with Gasteiger partial charge in [-0.1, -0.05) is 6.92 Å². The fourth-order valence-corrected chi connectivity index (χ4v) is 2.63. The molecule has 1 aliphatic heterocycles. The maximum atomic E-state index is 5.24. The molecule has 2 aromatic heterocycles. The number of hydrogen-bond acceptors (Lipinski definition) is 5. The highest BCUT2D eigenvalue weighted by molar-refractivity contribution is 9.10. The largest absolute Gasteiger partial charge is 0.380 e. The van der Waals surface area contributed by atoms with Crippen molar-refractivity contribution in [1.29, 1.82) is 0 Å². The summed E-state index contributed by atoms with van der Waals surface area (Å²) in [4.78, 5) is 8.53. The Hall–Kier alpha value is -1.21. The van der Waals surface area contributed by atoms with Crippen molar-refractivity contribution in [3.8, 4) is 0 Å². The summed E-state index contributed by atoms with van der Waals surface area (Å²) in [7, 11) is 1.87. The number of ether oxygens (including phenoxy) is 1. The summed E-state index contributed by atoms with van der Waals surface area (Å²) < 4.78 is 7.74. The predicted octanol–water partition coefficient (Wildman–Crippen LogP) is 1.57. The van der Waals surface area contributed by atoms with Crippen molar-refractivity contribution in [2.24, 2.45) is 12.5 Å². The molecule has 0 unspecified atom stereocenters. The minimum Gasteiger partial charge on any atom is -0.380 e. The van der Waals surface area contributed by atoms with E-state index >= 15 is 0 Å². The number of fused-ring (bicyclic) bond motifs is 1. The van der Waals surface area contributed by atoms with Crippen molar-refractivity contribution < 1.29 is 4.74 Å². The summed E-state index contributed by atoms with van der Waals surface area (Å²) in [6.07, 6.45) is 1.55. The number of hydrogen-bond donors (Lipinski definition) is 1. The molecule has 0 spiro atoms. The van der Waals surface area contributed by atoms with Crippen LogP contribution in [0.25, 0.3) is 11.0 Å². The topological polar surface area (TPSA) is 64.9 Å². The molecule has 0 atom stereocenters. The molecule has 1 saturated heterocycles. The molecule has 1 aliphatic rings. The third kappa shape index (κ3) is 1.87. The molecular weight excluding hydrogens is 298 g/mol. The van der Waals surface area contributed by atoms with E-state index in [9.17, 15) is 0 Å². The Bertz CT molecular complexity index is 592. The number of aromatic nitrogens is 4. The van der Waals surface area contributed by atoms with Gasteiger partial charge < -0.3 is 10.1 Å². The van der Waals surface area contributed by atoms with Gasteiger partial charge in [0.1, 0.15) is 16.7 Å². The van der Waals surface area contributed by atoms with Gasteiger partial charge in [-0.3, -0.25) is 0 Å². The summed E-state index contributed by atoms with van der Waals surface area (Å²) in [5.41, 5.74) is 1.01. The second kappa shape index (κ2) is 4.17. The van der Waals surface area contributed by atoms with Crippen LogP contribution in [0.4, 0.5) is 5.82 Å². The average Bonchev–Trinajstić information content (AvgIpc) is 2.61. The van der Waals surface area contributed by atoms with Crippen molar-refractivity contribution >= 4 is 32.8 Å². The molecule has 0 aliphatic carbocycles. The molecule has 0 amide bonds. The van der Waals surface area contributed by atoms with Crippen molar-refractivity contribution in [2.45, 2.75) is 6.92 Å². The summed E-state index contributed by atoms with van der Waals surface area (Å²) in [5.74, 6) is 0.813. The quantitative estimate of drug-likeness (QED) is 0.932. The van der Waals surface area contributed by atoms with Crippen LogP contribution in [0.1, 0.15) is 6.92 Å². The van der Waals surface area contributed by atoms with E-state index in [-0.39, 0.29) is 5.41 Å². The number of nitrogens with one attached hydrogen (secondary N) is 1. The zero-order valence-corrected chi connectivity index (χ0v) is 11.9. The molecule has 7 heteroatoms. The highest BCUT2D eigenvalue weighted by Crippen LogP contribution is 2.30. The Morgan fingerprint density at radius 1 is 1.50 bits per heavy atom. The first-order chi connectivity index (χ1) is 8.59. The Morgan fingerprint density at radius 3 is 2.94 bits per heavy atom. The van der Waals surface area contributed by atoms with Crippen LogP contribution in [0.5, 0.6) is 0 Å². The number of halogens is 1. The van der Waals surface area contributed by atoms with Crippen LogP contribution < -0.4 is 5.32 Å². The van der Waals surface area contributed by atoms with Crippen LogP contribution >= 0.6 is 15.9 Å². The second-order valence-corrected chi connectivity index (χ2v) is 5.74. The van der Waals surface area contributed by atoms with E-state index in [0.29, 0.717) is 0 Å². The van der Waals surface area contributed by atoms with Crippen molar-refractivity contribution in [3.63, 3.8) is 0 Å². The third-order valence-corrected chi connectivity index (χ3v) is 3.72. The van der Waals surface area contributed by atoms with Crippen LogP contribution in [0.3, 0.4) is 0 Å². The van der Waals surface area contributed by atoms with E-state index in [1.165, 1.54) is 0 Å². The monoisotopic (exact) mass is 311 g/mol. The zero-order chi connectivity index (χ0) is 12.8. The molecule has 0 aromatic carbocycles. The Kier molecular flexibility index (Phi) is 2.74. The number of rotatable bonds is 3. The standard InChI is InChI=1S/C11H14BrN5O/c1-11(4-18-5-11)3-13-9-7-8(12)16-17(2)10(7)15-6-14-9/h6H,3-5H2,1-2H3,(H,13,14,15). The van der Waals surface area contributed by atoms with Crippen molar-refractivity contribution in [2.75, 3.05) is 25.1 Å². The van der Waals surface area contributed by atoms with Gasteiger partial charge in [-0.2, -0.15) is 5.10 Å². The van der Waals surface area contributed by atoms with Gasteiger partial charge in [0.25, 0.3) is 0 Å². The van der Waals surface area contributed by atoms with Gasteiger partial charge in [-0.15, -0.1) is 0 Å². The smallest absolute Gasteiger partial charge is 0.164 e. The molecule has 0 saturated carbocycles. The number of nitrogens with zero attached hydrogens (tertiary/aromatic N) is 4. The molecule has 2 aromatic rings. The van der Waals surface area contributed by atoms with E-state index in [0.717, 1.165) is 41.2 Å². The van der Waals surface area contributed by atoms with Gasteiger partial charge in [0, 0.05) is 19.0 Å². The van der Waals surface area contributed by atoms with Gasteiger partial charge in [-0.05, 0) is 15.9 Å². The lowest BCUT2D eigenvalue weighted by molar-refractivity contribution is -0.0924. The second-order valence-electron chi connectivity index (χ2n) is 4.99. The first kappa shape index (κ1) is 11.9. The first-order valence-corrected chi connectivity index (χ1v) is 6.53. The first-order valence-electron chi connectivity index (χ1n) is 5.74. The molecule has 1 N–H and O–H groups in total. The molecule has 3 rings (SSSR count). The van der Waals surface area contributed by atoms with E-state index in [1.807, 2.05) is 7.05 Å². The molecule has 0 radical (unpaired) electrons. The van der Waals surface area contributed by atoms with Gasteiger partial charge in [0.15, 0.2) is 5.65 Å². The highest BCUT2D eigenvalue weighted by Gasteiger charge is 2.33. The Labute approximate surface area is 113 Å². The average molecular weight is 312 g/mol. The Balaban J connectivity index is 1.91. The van der Waals surface area contributed by atoms with Crippen molar-refractivity contribution in [3.05, 3.63) is 10.9 Å². The molecule has 1 fully saturated rings. The fourth-order valence-electron chi connectivity index (χ4n) is 2.02. The maximum Gasteiger partial charge on any atom is 0.164 e. The lowest BCUT2D eigenvalue weighted by Crippen LogP contribution is -2.45. The van der Waals surface area contributed by atoms with Crippen LogP contribution in [-0.4, -0.2) is 39.5 Å². The number of aryl methyl sites for hydroxylation is 1. The van der Waals surface area contributed by atoms with E-state index < -0.39 is 0 Å². The van der Waals surface area contributed by atoms with E-state index in [1.54, 1.807) is 11.0 Å². The summed E-state index contributed by atoms with van der Waals surface area (Å²) in [6.45, 7) is 4.62. The van der Waals surface area contributed by atoms with Crippen LogP contribution in [0.15, 0.2) is 10.9 Å². The maximum absolute atomic E-state index is 5.24. The molecule has 6 nitrogen and oxygen atoms in total.